The molecule has 0 bridgehead atoms. The zero-order valence-corrected chi connectivity index (χ0v) is 15.9. The fourth-order valence-corrected chi connectivity index (χ4v) is 2.86. The summed E-state index contributed by atoms with van der Waals surface area (Å²) in [6.45, 7) is 1.19. The van der Waals surface area contributed by atoms with Gasteiger partial charge in [-0.2, -0.15) is 0 Å². The number of likely N-dealkylation sites (N-methyl/N-ethyl adjacent to an activating group) is 1. The summed E-state index contributed by atoms with van der Waals surface area (Å²) in [6, 6.07) is 13.4. The number of amides is 1. The van der Waals surface area contributed by atoms with Gasteiger partial charge in [-0.05, 0) is 41.8 Å². The molecule has 5 nitrogen and oxygen atoms in total. The Balaban J connectivity index is 1.60. The second-order valence-corrected chi connectivity index (χ2v) is 6.65. The first kappa shape index (κ1) is 18.9. The molecule has 27 heavy (non-hydrogen) atoms. The predicted molar refractivity (Wildman–Crippen MR) is 108 cm³/mol. The van der Waals surface area contributed by atoms with Crippen LogP contribution in [-0.2, 0) is 13.0 Å². The Bertz CT molecular complexity index is 901. The number of nitrogens with zero attached hydrogens (tertiary/aromatic N) is 3. The topological polar surface area (TPSA) is 58.1 Å². The number of hydrogen-bond donors (Lipinski definition) is 1. The lowest BCUT2D eigenvalue weighted by Gasteiger charge is -2.17. The number of carbonyl (C=O) groups is 1. The van der Waals surface area contributed by atoms with Crippen LogP contribution < -0.4 is 5.32 Å². The van der Waals surface area contributed by atoms with Crippen molar-refractivity contribution in [3.05, 3.63) is 89.0 Å². The highest BCUT2D eigenvalue weighted by atomic mass is 35.5. The third-order valence-corrected chi connectivity index (χ3v) is 4.63. The summed E-state index contributed by atoms with van der Waals surface area (Å²) in [6.07, 6.45) is 7.59. The summed E-state index contributed by atoms with van der Waals surface area (Å²) in [7, 11) is 1.80. The summed E-state index contributed by atoms with van der Waals surface area (Å²) >= 11 is 6.18. The Morgan fingerprint density at radius 3 is 2.67 bits per heavy atom. The van der Waals surface area contributed by atoms with E-state index in [9.17, 15) is 4.79 Å². The third kappa shape index (κ3) is 5.28. The van der Waals surface area contributed by atoms with E-state index in [1.807, 2.05) is 42.5 Å². The molecule has 1 N–H and O–H groups in total. The van der Waals surface area contributed by atoms with E-state index in [1.54, 1.807) is 36.7 Å². The van der Waals surface area contributed by atoms with Crippen molar-refractivity contribution in [1.82, 2.24) is 14.9 Å². The lowest BCUT2D eigenvalue weighted by Crippen LogP contribution is -2.29. The molecule has 0 saturated carbocycles. The van der Waals surface area contributed by atoms with Crippen molar-refractivity contribution in [2.75, 3.05) is 18.9 Å². The average molecular weight is 381 g/mol. The van der Waals surface area contributed by atoms with Gasteiger partial charge < -0.3 is 10.2 Å². The third-order valence-electron chi connectivity index (χ3n) is 4.26. The van der Waals surface area contributed by atoms with Gasteiger partial charge in [0.05, 0.1) is 11.3 Å². The minimum atomic E-state index is -0.0575. The zero-order valence-electron chi connectivity index (χ0n) is 15.1. The second-order valence-electron chi connectivity index (χ2n) is 6.24. The van der Waals surface area contributed by atoms with E-state index in [4.69, 9.17) is 11.6 Å². The van der Waals surface area contributed by atoms with Crippen LogP contribution >= 0.6 is 11.6 Å². The smallest absolute Gasteiger partial charge is 0.255 e. The first-order valence-corrected chi connectivity index (χ1v) is 9.08. The van der Waals surface area contributed by atoms with Crippen molar-refractivity contribution in [3.63, 3.8) is 0 Å². The summed E-state index contributed by atoms with van der Waals surface area (Å²) < 4.78 is 0. The summed E-state index contributed by atoms with van der Waals surface area (Å²) in [4.78, 5) is 22.6. The monoisotopic (exact) mass is 380 g/mol. The number of anilines is 1. The molecule has 0 radical (unpaired) electrons. The van der Waals surface area contributed by atoms with Crippen LogP contribution in [0.25, 0.3) is 0 Å². The standard InChI is InChI=1S/C21H21ClN4O/c1-26(11-8-16-6-9-23-10-7-16)21(27)18-12-19(15-24-13-18)25-14-17-4-2-3-5-20(17)22/h2-7,9-10,12-13,15,25H,8,11,14H2,1H3. The fourth-order valence-electron chi connectivity index (χ4n) is 2.66. The Kier molecular flexibility index (Phi) is 6.39. The lowest BCUT2D eigenvalue weighted by atomic mass is 10.1. The van der Waals surface area contributed by atoms with E-state index in [0.29, 0.717) is 23.7 Å². The molecule has 0 atom stereocenters. The number of benzene rings is 1. The highest BCUT2D eigenvalue weighted by Crippen LogP contribution is 2.17. The zero-order chi connectivity index (χ0) is 19.1. The van der Waals surface area contributed by atoms with Crippen molar-refractivity contribution in [2.24, 2.45) is 0 Å². The van der Waals surface area contributed by atoms with Crippen LogP contribution in [0.4, 0.5) is 5.69 Å². The number of aromatic nitrogens is 2. The van der Waals surface area contributed by atoms with Crippen molar-refractivity contribution in [1.29, 1.82) is 0 Å². The molecule has 1 amide bonds. The lowest BCUT2D eigenvalue weighted by molar-refractivity contribution is 0.0796. The van der Waals surface area contributed by atoms with E-state index in [2.05, 4.69) is 15.3 Å². The van der Waals surface area contributed by atoms with Crippen LogP contribution in [0.5, 0.6) is 0 Å². The van der Waals surface area contributed by atoms with Crippen molar-refractivity contribution in [2.45, 2.75) is 13.0 Å². The predicted octanol–water partition coefficient (Wildman–Crippen LogP) is 4.06. The van der Waals surface area contributed by atoms with Crippen LogP contribution in [0, 0.1) is 0 Å². The number of carbonyl (C=O) groups excluding carboxylic acids is 1. The molecular formula is C21H21ClN4O. The number of nitrogens with one attached hydrogen (secondary N) is 1. The molecule has 0 fully saturated rings. The summed E-state index contributed by atoms with van der Waals surface area (Å²) in [5.74, 6) is -0.0575. The minimum absolute atomic E-state index is 0.0575. The molecule has 0 aliphatic carbocycles. The molecule has 3 aromatic rings. The largest absolute Gasteiger partial charge is 0.380 e. The van der Waals surface area contributed by atoms with Gasteiger partial charge >= 0.3 is 0 Å². The van der Waals surface area contributed by atoms with Gasteiger partial charge in [-0.25, -0.2) is 0 Å². The van der Waals surface area contributed by atoms with Gasteiger partial charge in [0.2, 0.25) is 0 Å². The SMILES string of the molecule is CN(CCc1ccncc1)C(=O)c1cncc(NCc2ccccc2Cl)c1. The Morgan fingerprint density at radius 1 is 1.11 bits per heavy atom. The first-order valence-electron chi connectivity index (χ1n) is 8.70. The molecule has 1 aromatic carbocycles. The van der Waals surface area contributed by atoms with Gasteiger partial charge in [-0.3, -0.25) is 14.8 Å². The molecule has 2 heterocycles. The van der Waals surface area contributed by atoms with Gasteiger partial charge in [0, 0.05) is 49.9 Å². The Hall–Kier alpha value is -2.92. The maximum atomic E-state index is 12.7. The fraction of sp³-hybridized carbons (Fsp3) is 0.190. The molecule has 3 rings (SSSR count). The van der Waals surface area contributed by atoms with Crippen LogP contribution in [-0.4, -0.2) is 34.4 Å². The van der Waals surface area contributed by atoms with E-state index in [0.717, 1.165) is 23.2 Å². The van der Waals surface area contributed by atoms with Crippen LogP contribution in [0.15, 0.2) is 67.3 Å². The number of hydrogen-bond acceptors (Lipinski definition) is 4. The maximum absolute atomic E-state index is 12.7. The average Bonchev–Trinajstić information content (AvgIpc) is 2.72. The van der Waals surface area contributed by atoms with Gasteiger partial charge in [-0.15, -0.1) is 0 Å². The molecule has 2 aromatic heterocycles. The molecule has 0 aliphatic rings. The molecule has 138 valence electrons. The van der Waals surface area contributed by atoms with E-state index in [-0.39, 0.29) is 5.91 Å². The number of rotatable bonds is 7. The van der Waals surface area contributed by atoms with Gasteiger partial charge in [0.1, 0.15) is 0 Å². The first-order chi connectivity index (χ1) is 13.1. The van der Waals surface area contributed by atoms with Crippen molar-refractivity contribution < 1.29 is 4.79 Å². The van der Waals surface area contributed by atoms with E-state index < -0.39 is 0 Å². The van der Waals surface area contributed by atoms with Gasteiger partial charge in [0.15, 0.2) is 0 Å². The maximum Gasteiger partial charge on any atom is 0.255 e. The summed E-state index contributed by atoms with van der Waals surface area (Å²) in [5.41, 5.74) is 3.47. The Morgan fingerprint density at radius 2 is 1.89 bits per heavy atom. The van der Waals surface area contributed by atoms with E-state index >= 15 is 0 Å². The van der Waals surface area contributed by atoms with Crippen molar-refractivity contribution >= 4 is 23.2 Å². The number of pyridine rings is 2. The molecular weight excluding hydrogens is 360 g/mol. The van der Waals surface area contributed by atoms with E-state index in [1.165, 1.54) is 0 Å². The Labute approximate surface area is 164 Å². The molecule has 0 unspecified atom stereocenters. The summed E-state index contributed by atoms with van der Waals surface area (Å²) in [5, 5.41) is 3.98. The second kappa shape index (κ2) is 9.14. The van der Waals surface area contributed by atoms with Gasteiger partial charge in [0.25, 0.3) is 5.91 Å². The molecule has 0 spiro atoms. The highest BCUT2D eigenvalue weighted by Gasteiger charge is 2.13. The van der Waals surface area contributed by atoms with Crippen molar-refractivity contribution in [3.8, 4) is 0 Å². The molecule has 0 aliphatic heterocycles. The molecule has 6 heteroatoms. The minimum Gasteiger partial charge on any atom is -0.380 e. The number of halogens is 1. The molecule has 0 saturated heterocycles. The van der Waals surface area contributed by atoms with Gasteiger partial charge in [-0.1, -0.05) is 29.8 Å². The quantitative estimate of drug-likeness (QED) is 0.671. The normalized spacial score (nSPS) is 10.4. The van der Waals surface area contributed by atoms with Crippen LogP contribution in [0.3, 0.4) is 0 Å². The van der Waals surface area contributed by atoms with Crippen LogP contribution in [0.2, 0.25) is 5.02 Å². The highest BCUT2D eigenvalue weighted by molar-refractivity contribution is 6.31. The van der Waals surface area contributed by atoms with Crippen LogP contribution in [0.1, 0.15) is 21.5 Å².